The Morgan fingerprint density at radius 2 is 2.30 bits per heavy atom. The van der Waals surface area contributed by atoms with Crippen molar-refractivity contribution >= 4 is 18.6 Å². The van der Waals surface area contributed by atoms with Gasteiger partial charge in [0.15, 0.2) is 5.60 Å². The first-order chi connectivity index (χ1) is 4.52. The number of esters is 1. The summed E-state index contributed by atoms with van der Waals surface area (Å²) in [6.07, 6.45) is 5.05. The maximum Gasteiger partial charge on any atom is 0.318 e. The van der Waals surface area contributed by atoms with Crippen LogP contribution in [0.15, 0.2) is 0 Å². The smallest absolute Gasteiger partial charge is 0.318 e. The summed E-state index contributed by atoms with van der Waals surface area (Å²) in [6, 6.07) is 0. The second-order valence-corrected chi connectivity index (χ2v) is 2.56. The standard InChI is InChI=1S/C7H9O2S/c1-4-7(2,3)9-6(8)5-10/h1H,5H2,2-3H3. The molecule has 0 N–H and O–H groups in total. The number of carbonyl (C=O) groups is 1. The van der Waals surface area contributed by atoms with Crippen LogP contribution in [0.25, 0.3) is 0 Å². The van der Waals surface area contributed by atoms with Gasteiger partial charge in [0, 0.05) is 0 Å². The van der Waals surface area contributed by atoms with E-state index in [1.807, 2.05) is 0 Å². The topological polar surface area (TPSA) is 26.3 Å². The molecule has 3 heteroatoms. The van der Waals surface area contributed by atoms with Gasteiger partial charge in [0.1, 0.15) is 5.75 Å². The van der Waals surface area contributed by atoms with Crippen LogP contribution in [0.1, 0.15) is 13.8 Å². The second-order valence-electron chi connectivity index (χ2n) is 2.27. The van der Waals surface area contributed by atoms with Crippen LogP contribution in [0.2, 0.25) is 0 Å². The predicted octanol–water partition coefficient (Wildman–Crippen LogP) is 1.14. The highest BCUT2D eigenvalue weighted by Gasteiger charge is 2.17. The molecule has 0 rings (SSSR count). The highest BCUT2D eigenvalue weighted by Crippen LogP contribution is 2.06. The molecule has 0 spiro atoms. The van der Waals surface area contributed by atoms with Gasteiger partial charge in [-0.25, -0.2) is 0 Å². The van der Waals surface area contributed by atoms with Gasteiger partial charge in [-0.15, -0.1) is 6.42 Å². The molecule has 0 atom stereocenters. The first-order valence-electron chi connectivity index (χ1n) is 2.79. The van der Waals surface area contributed by atoms with Gasteiger partial charge in [-0.1, -0.05) is 18.5 Å². The summed E-state index contributed by atoms with van der Waals surface area (Å²) in [4.78, 5) is 10.6. The van der Waals surface area contributed by atoms with Gasteiger partial charge in [-0.05, 0) is 13.8 Å². The second kappa shape index (κ2) is 3.52. The Labute approximate surface area is 66.4 Å². The van der Waals surface area contributed by atoms with Crippen LogP contribution in [-0.2, 0) is 9.53 Å². The normalized spacial score (nSPS) is 10.2. The van der Waals surface area contributed by atoms with Crippen LogP contribution >= 0.6 is 12.6 Å². The summed E-state index contributed by atoms with van der Waals surface area (Å²) in [5, 5.41) is 0. The first-order valence-corrected chi connectivity index (χ1v) is 3.37. The van der Waals surface area contributed by atoms with E-state index in [0.717, 1.165) is 0 Å². The fraction of sp³-hybridized carbons (Fsp3) is 0.571. The lowest BCUT2D eigenvalue weighted by Gasteiger charge is -2.17. The van der Waals surface area contributed by atoms with E-state index in [1.165, 1.54) is 0 Å². The van der Waals surface area contributed by atoms with E-state index in [-0.39, 0.29) is 5.75 Å². The molecule has 0 aliphatic heterocycles. The number of terminal acetylenes is 1. The Morgan fingerprint density at radius 1 is 1.80 bits per heavy atom. The van der Waals surface area contributed by atoms with E-state index >= 15 is 0 Å². The average Bonchev–Trinajstić information content (AvgIpc) is 1.87. The molecule has 55 valence electrons. The molecule has 0 saturated carbocycles. The van der Waals surface area contributed by atoms with Crippen molar-refractivity contribution in [3.05, 3.63) is 0 Å². The van der Waals surface area contributed by atoms with Crippen LogP contribution < -0.4 is 0 Å². The van der Waals surface area contributed by atoms with E-state index in [1.54, 1.807) is 13.8 Å². The third kappa shape index (κ3) is 3.41. The Hall–Kier alpha value is -0.620. The minimum Gasteiger partial charge on any atom is -0.446 e. The number of ether oxygens (including phenoxy) is 1. The first kappa shape index (κ1) is 9.38. The molecule has 10 heavy (non-hydrogen) atoms. The number of carbonyl (C=O) groups excluding carboxylic acids is 1. The fourth-order valence-electron chi connectivity index (χ4n) is 0.344. The third-order valence-corrected chi connectivity index (χ3v) is 1.07. The molecule has 0 aliphatic carbocycles. The zero-order valence-electron chi connectivity index (χ0n) is 6.01. The molecule has 1 radical (unpaired) electrons. The van der Waals surface area contributed by atoms with Crippen LogP contribution in [0.3, 0.4) is 0 Å². The molecule has 0 bridgehead atoms. The average molecular weight is 157 g/mol. The molecule has 0 aromatic heterocycles. The van der Waals surface area contributed by atoms with Crippen LogP contribution in [0.4, 0.5) is 0 Å². The van der Waals surface area contributed by atoms with Gasteiger partial charge < -0.3 is 4.74 Å². The van der Waals surface area contributed by atoms with E-state index < -0.39 is 11.6 Å². The van der Waals surface area contributed by atoms with Gasteiger partial charge in [0.25, 0.3) is 0 Å². The summed E-state index contributed by atoms with van der Waals surface area (Å²) in [5.74, 6) is 1.82. The molecular weight excluding hydrogens is 148 g/mol. The zero-order valence-corrected chi connectivity index (χ0v) is 6.83. The van der Waals surface area contributed by atoms with Crippen molar-refractivity contribution in [3.8, 4) is 12.3 Å². The Balaban J connectivity index is 3.92. The Bertz CT molecular complexity index is 167. The van der Waals surface area contributed by atoms with E-state index in [0.29, 0.717) is 0 Å². The maximum absolute atomic E-state index is 10.6. The maximum atomic E-state index is 10.6. The quantitative estimate of drug-likeness (QED) is 0.444. The summed E-state index contributed by atoms with van der Waals surface area (Å²) in [6.45, 7) is 3.27. The minimum atomic E-state index is -0.824. The molecule has 0 amide bonds. The van der Waals surface area contributed by atoms with E-state index in [9.17, 15) is 4.79 Å². The van der Waals surface area contributed by atoms with Crippen molar-refractivity contribution in [1.29, 1.82) is 0 Å². The Morgan fingerprint density at radius 3 is 2.60 bits per heavy atom. The summed E-state index contributed by atoms with van der Waals surface area (Å²) in [7, 11) is 0. The van der Waals surface area contributed by atoms with Crippen molar-refractivity contribution in [2.45, 2.75) is 19.4 Å². The Kier molecular flexibility index (Phi) is 3.31. The van der Waals surface area contributed by atoms with Crippen LogP contribution in [-0.4, -0.2) is 17.3 Å². The SMILES string of the molecule is C#CC(C)(C)OC(=O)C[S]. The van der Waals surface area contributed by atoms with Gasteiger partial charge in [-0.2, -0.15) is 0 Å². The lowest BCUT2D eigenvalue weighted by molar-refractivity contribution is -0.148. The van der Waals surface area contributed by atoms with Crippen LogP contribution in [0, 0.1) is 12.3 Å². The van der Waals surface area contributed by atoms with Crippen molar-refractivity contribution in [2.75, 3.05) is 5.75 Å². The number of hydrogen-bond acceptors (Lipinski definition) is 2. The van der Waals surface area contributed by atoms with Gasteiger partial charge >= 0.3 is 5.97 Å². The van der Waals surface area contributed by atoms with E-state index in [4.69, 9.17) is 11.2 Å². The molecule has 0 aromatic carbocycles. The van der Waals surface area contributed by atoms with Gasteiger partial charge in [0.05, 0.1) is 0 Å². The molecule has 0 aliphatic rings. The lowest BCUT2D eigenvalue weighted by atomic mass is 10.1. The number of hydrogen-bond donors (Lipinski definition) is 0. The van der Waals surface area contributed by atoms with Crippen molar-refractivity contribution < 1.29 is 9.53 Å². The molecule has 2 nitrogen and oxygen atoms in total. The molecular formula is C7H9O2S. The highest BCUT2D eigenvalue weighted by atomic mass is 32.1. The minimum absolute atomic E-state index is 0.0505. The highest BCUT2D eigenvalue weighted by molar-refractivity contribution is 7.81. The van der Waals surface area contributed by atoms with Crippen molar-refractivity contribution in [2.24, 2.45) is 0 Å². The summed E-state index contributed by atoms with van der Waals surface area (Å²) < 4.78 is 4.76. The lowest BCUT2D eigenvalue weighted by Crippen LogP contribution is -2.26. The summed E-state index contributed by atoms with van der Waals surface area (Å²) >= 11 is 4.45. The summed E-state index contributed by atoms with van der Waals surface area (Å²) in [5.41, 5.74) is -0.824. The zero-order chi connectivity index (χ0) is 8.20. The van der Waals surface area contributed by atoms with Crippen molar-refractivity contribution in [3.63, 3.8) is 0 Å². The molecule has 0 aromatic rings. The number of rotatable bonds is 2. The monoisotopic (exact) mass is 157 g/mol. The third-order valence-electron chi connectivity index (χ3n) is 0.834. The molecule has 0 unspecified atom stereocenters. The fourth-order valence-corrected chi connectivity index (χ4v) is 0.402. The largest absolute Gasteiger partial charge is 0.446 e. The molecule has 0 heterocycles. The van der Waals surface area contributed by atoms with E-state index in [2.05, 4.69) is 18.5 Å². The van der Waals surface area contributed by atoms with Gasteiger partial charge in [0.2, 0.25) is 0 Å². The van der Waals surface area contributed by atoms with Crippen LogP contribution in [0.5, 0.6) is 0 Å². The predicted molar refractivity (Wildman–Crippen MR) is 41.5 cm³/mol. The van der Waals surface area contributed by atoms with Gasteiger partial charge in [-0.3, -0.25) is 4.79 Å². The molecule has 0 fully saturated rings. The molecule has 0 saturated heterocycles. The van der Waals surface area contributed by atoms with Crippen molar-refractivity contribution in [1.82, 2.24) is 0 Å².